The van der Waals surface area contributed by atoms with Gasteiger partial charge in [-0.3, -0.25) is 4.11 Å². The third kappa shape index (κ3) is 3.46. The van der Waals surface area contributed by atoms with Gasteiger partial charge >= 0.3 is 9.29 Å². The number of nitrogens with zero attached hydrogens (tertiary/aromatic N) is 1. The van der Waals surface area contributed by atoms with E-state index < -0.39 is 9.29 Å². The Balaban J connectivity index is 3.46. The van der Waals surface area contributed by atoms with E-state index in [1.165, 1.54) is 12.2 Å². The molecule has 0 aromatic heterocycles. The lowest BCUT2D eigenvalue weighted by Crippen LogP contribution is -1.96. The van der Waals surface area contributed by atoms with Gasteiger partial charge in [0.15, 0.2) is 0 Å². The van der Waals surface area contributed by atoms with E-state index in [-0.39, 0.29) is 6.04 Å². The molecule has 0 saturated carbocycles. The minimum absolute atomic E-state index is 0.218. The predicted molar refractivity (Wildman–Crippen MR) is 31.4 cm³/mol. The van der Waals surface area contributed by atoms with Gasteiger partial charge in [-0.25, -0.2) is 9.45 Å². The molecular formula is C4H6FNOSi. The summed E-state index contributed by atoms with van der Waals surface area (Å²) in [5.74, 6) is 0. The molecule has 0 aromatic carbocycles. The molecule has 0 aliphatic rings. The Morgan fingerprint density at radius 1 is 2.00 bits per heavy atom. The molecule has 0 aromatic rings. The lowest BCUT2D eigenvalue weighted by molar-refractivity contribution is 0.565. The maximum absolute atomic E-state index is 12.0. The second-order valence-corrected chi connectivity index (χ2v) is 2.78. The highest BCUT2D eigenvalue weighted by Crippen LogP contribution is 1.93. The summed E-state index contributed by atoms with van der Waals surface area (Å²) in [5, 5.41) is 0. The fraction of sp³-hybridized carbons (Fsp3) is 0.250. The summed E-state index contributed by atoms with van der Waals surface area (Å²) >= 11 is 0. The highest BCUT2D eigenvalue weighted by atomic mass is 28.3. The average Bonchev–Trinajstić information content (AvgIpc) is 1.68. The van der Waals surface area contributed by atoms with Crippen molar-refractivity contribution in [1.82, 2.24) is 0 Å². The first-order valence-electron chi connectivity index (χ1n) is 2.13. The first-order chi connectivity index (χ1) is 3.81. The maximum Gasteiger partial charge on any atom is 0.368 e. The number of carbonyl (C=O) groups excluding carboxylic acids is 1. The van der Waals surface area contributed by atoms with Crippen LogP contribution in [0.2, 0.25) is 6.04 Å². The minimum atomic E-state index is -2.62. The Kier molecular flexibility index (Phi) is 4.02. The van der Waals surface area contributed by atoms with Gasteiger partial charge in [-0.15, -0.1) is 6.58 Å². The highest BCUT2D eigenvalue weighted by molar-refractivity contribution is 6.50. The molecule has 1 atom stereocenters. The summed E-state index contributed by atoms with van der Waals surface area (Å²) in [7, 11) is -2.62. The van der Waals surface area contributed by atoms with Crippen LogP contribution >= 0.6 is 0 Å². The van der Waals surface area contributed by atoms with Crippen LogP contribution in [0.5, 0.6) is 0 Å². The molecule has 1 unspecified atom stereocenters. The van der Waals surface area contributed by atoms with Crippen LogP contribution in [0, 0.1) is 0 Å². The van der Waals surface area contributed by atoms with Crippen LogP contribution in [0.4, 0.5) is 4.11 Å². The molecule has 0 aliphatic carbocycles. The first kappa shape index (κ1) is 7.27. The van der Waals surface area contributed by atoms with Crippen LogP contribution in [0.1, 0.15) is 0 Å². The van der Waals surface area contributed by atoms with E-state index in [1.54, 1.807) is 0 Å². The molecule has 0 radical (unpaired) electrons. The summed E-state index contributed by atoms with van der Waals surface area (Å²) < 4.78 is 15.0. The van der Waals surface area contributed by atoms with E-state index >= 15 is 0 Å². The summed E-state index contributed by atoms with van der Waals surface area (Å²) in [6.07, 6.45) is 2.58. The fourth-order valence-corrected chi connectivity index (χ4v) is 0.742. The van der Waals surface area contributed by atoms with E-state index in [4.69, 9.17) is 0 Å². The molecule has 0 bridgehead atoms. The van der Waals surface area contributed by atoms with Crippen molar-refractivity contribution in [2.45, 2.75) is 6.04 Å². The molecule has 0 spiro atoms. The maximum atomic E-state index is 12.0. The van der Waals surface area contributed by atoms with Crippen molar-refractivity contribution < 1.29 is 8.90 Å². The Labute approximate surface area is 48.6 Å². The van der Waals surface area contributed by atoms with Crippen molar-refractivity contribution in [2.24, 2.45) is 4.66 Å². The number of hydrogen-bond acceptors (Lipinski definition) is 2. The fourth-order valence-electron chi connectivity index (χ4n) is 0.247. The second kappa shape index (κ2) is 4.43. The number of halogens is 1. The molecule has 0 aliphatic heterocycles. The van der Waals surface area contributed by atoms with Gasteiger partial charge in [0, 0.05) is 6.04 Å². The van der Waals surface area contributed by atoms with Crippen LogP contribution in [-0.4, -0.2) is 15.4 Å². The van der Waals surface area contributed by atoms with Crippen LogP contribution in [0.15, 0.2) is 17.3 Å². The largest absolute Gasteiger partial charge is 0.368 e. The summed E-state index contributed by atoms with van der Waals surface area (Å²) in [6.45, 7) is 3.29. The van der Waals surface area contributed by atoms with Crippen molar-refractivity contribution in [3.8, 4) is 0 Å². The first-order valence-corrected chi connectivity index (χ1v) is 3.90. The lowest BCUT2D eigenvalue weighted by atomic mass is 10.8. The molecule has 44 valence electrons. The van der Waals surface area contributed by atoms with Gasteiger partial charge in [0.1, 0.15) is 0 Å². The molecule has 8 heavy (non-hydrogen) atoms. The number of hydrogen-bond donors (Lipinski definition) is 0. The Morgan fingerprint density at radius 2 is 2.62 bits per heavy atom. The summed E-state index contributed by atoms with van der Waals surface area (Å²) in [4.78, 5) is 9.36. The Bertz CT molecular complexity index is 121. The third-order valence-electron chi connectivity index (χ3n) is 0.554. The van der Waals surface area contributed by atoms with Gasteiger partial charge in [0.25, 0.3) is 0 Å². The standard InChI is InChI=1S/C4H6FNOSi/c1-2-3-8(5)6-4-7/h2,8H,1,3H2. The van der Waals surface area contributed by atoms with Crippen molar-refractivity contribution in [3.63, 3.8) is 0 Å². The van der Waals surface area contributed by atoms with Gasteiger partial charge < -0.3 is 0 Å². The molecule has 0 saturated heterocycles. The molecular weight excluding hydrogens is 125 g/mol. The van der Waals surface area contributed by atoms with Gasteiger partial charge in [-0.2, -0.15) is 0 Å². The zero-order chi connectivity index (χ0) is 6.41. The van der Waals surface area contributed by atoms with Crippen molar-refractivity contribution in [3.05, 3.63) is 12.7 Å². The van der Waals surface area contributed by atoms with Crippen molar-refractivity contribution in [1.29, 1.82) is 0 Å². The van der Waals surface area contributed by atoms with Crippen LogP contribution in [0.25, 0.3) is 0 Å². The van der Waals surface area contributed by atoms with E-state index in [0.717, 1.165) is 0 Å². The van der Waals surface area contributed by atoms with Crippen LogP contribution in [-0.2, 0) is 4.79 Å². The number of isocyanates is 1. The van der Waals surface area contributed by atoms with E-state index in [0.29, 0.717) is 0 Å². The van der Waals surface area contributed by atoms with E-state index in [2.05, 4.69) is 11.2 Å². The molecule has 0 amide bonds. The average molecular weight is 131 g/mol. The molecule has 2 nitrogen and oxygen atoms in total. The minimum Gasteiger partial charge on any atom is -0.286 e. The van der Waals surface area contributed by atoms with Crippen molar-refractivity contribution >= 4 is 15.4 Å². The quantitative estimate of drug-likeness (QED) is 0.182. The summed E-state index contributed by atoms with van der Waals surface area (Å²) in [5.41, 5.74) is 0. The monoisotopic (exact) mass is 131 g/mol. The zero-order valence-electron chi connectivity index (χ0n) is 4.30. The molecule has 0 fully saturated rings. The normalized spacial score (nSPS) is 11.6. The summed E-state index contributed by atoms with van der Waals surface area (Å²) in [6, 6.07) is 0.218. The Morgan fingerprint density at radius 3 is 3.00 bits per heavy atom. The predicted octanol–water partition coefficient (Wildman–Crippen LogP) is 0.698. The highest BCUT2D eigenvalue weighted by Gasteiger charge is 2.01. The molecule has 0 heterocycles. The smallest absolute Gasteiger partial charge is 0.286 e. The number of allylic oxidation sites excluding steroid dienone is 1. The molecule has 0 rings (SSSR count). The van der Waals surface area contributed by atoms with Crippen molar-refractivity contribution in [2.75, 3.05) is 0 Å². The topological polar surface area (TPSA) is 29.4 Å². The zero-order valence-corrected chi connectivity index (χ0v) is 5.46. The van der Waals surface area contributed by atoms with E-state index in [1.807, 2.05) is 0 Å². The van der Waals surface area contributed by atoms with Crippen LogP contribution in [0.3, 0.4) is 0 Å². The molecule has 0 N–H and O–H groups in total. The van der Waals surface area contributed by atoms with Gasteiger partial charge in [-0.1, -0.05) is 6.08 Å². The van der Waals surface area contributed by atoms with E-state index in [9.17, 15) is 8.90 Å². The Hall–Kier alpha value is -0.733. The van der Waals surface area contributed by atoms with Gasteiger partial charge in [-0.05, 0) is 0 Å². The number of rotatable bonds is 3. The SMILES string of the molecule is C=CC[SiH](F)N=C=O. The molecule has 4 heteroatoms. The second-order valence-electron chi connectivity index (χ2n) is 1.18. The lowest BCUT2D eigenvalue weighted by Gasteiger charge is -1.85. The van der Waals surface area contributed by atoms with Gasteiger partial charge in [0.2, 0.25) is 6.08 Å². The van der Waals surface area contributed by atoms with Crippen LogP contribution < -0.4 is 0 Å². The third-order valence-corrected chi connectivity index (χ3v) is 1.66. The van der Waals surface area contributed by atoms with Gasteiger partial charge in [0.05, 0.1) is 0 Å².